The Balaban J connectivity index is 1.82. The Bertz CT molecular complexity index is 591. The largest absolute Gasteiger partial charge is 0.299 e. The van der Waals surface area contributed by atoms with E-state index in [-0.39, 0.29) is 28.7 Å². The molecule has 3 unspecified atom stereocenters. The first-order valence-corrected chi connectivity index (χ1v) is 9.23. The van der Waals surface area contributed by atoms with Crippen molar-refractivity contribution >= 4 is 21.7 Å². The Hall–Kier alpha value is -0.750. The minimum absolute atomic E-state index is 0.0497. The molecular weight excluding hydrogens is 292 g/mol. The number of carbonyl (C=O) groups excluding carboxylic acids is 2. The van der Waals surface area contributed by atoms with Crippen molar-refractivity contribution < 1.29 is 22.2 Å². The van der Waals surface area contributed by atoms with Gasteiger partial charge < -0.3 is 0 Å². The fourth-order valence-electron chi connectivity index (χ4n) is 4.51. The molecule has 0 amide bonds. The number of ketones is 2. The van der Waals surface area contributed by atoms with E-state index in [0.717, 1.165) is 6.42 Å². The second kappa shape index (κ2) is 4.62. The van der Waals surface area contributed by atoms with Crippen LogP contribution in [0.5, 0.6) is 0 Å². The summed E-state index contributed by atoms with van der Waals surface area (Å²) in [5.41, 5.74) is -1.13. The lowest BCUT2D eigenvalue weighted by Crippen LogP contribution is -2.43. The van der Waals surface area contributed by atoms with Crippen LogP contribution in [-0.4, -0.2) is 31.8 Å². The van der Waals surface area contributed by atoms with Crippen LogP contribution in [-0.2, 0) is 23.9 Å². The van der Waals surface area contributed by atoms with Crippen LogP contribution in [0.4, 0.5) is 0 Å². The second-order valence-corrected chi connectivity index (χ2v) is 8.91. The first kappa shape index (κ1) is 15.2. The van der Waals surface area contributed by atoms with Gasteiger partial charge in [-0.25, -0.2) is 0 Å². The molecule has 2 bridgehead atoms. The van der Waals surface area contributed by atoms with E-state index in [1.807, 2.05) is 13.8 Å². The van der Waals surface area contributed by atoms with Crippen molar-refractivity contribution in [2.45, 2.75) is 58.5 Å². The van der Waals surface area contributed by atoms with Gasteiger partial charge in [-0.3, -0.25) is 13.8 Å². The normalized spacial score (nSPS) is 38.4. The summed E-state index contributed by atoms with van der Waals surface area (Å²) in [5.74, 6) is -0.0917. The van der Waals surface area contributed by atoms with E-state index in [1.54, 1.807) is 0 Å². The molecule has 3 atom stereocenters. The molecule has 5 nitrogen and oxygen atoms in total. The quantitative estimate of drug-likeness (QED) is 0.740. The standard InChI is InChI=1S/C15H22O5S/c1-14(2)10-6-7-15(14,13(17)8-10)9-21(18,19)20-12-5-3-4-11(12)16/h10,12H,3-9H2,1-2H3. The van der Waals surface area contributed by atoms with Gasteiger partial charge in [0.15, 0.2) is 5.78 Å². The molecule has 3 aliphatic carbocycles. The zero-order valence-corrected chi connectivity index (χ0v) is 13.4. The highest BCUT2D eigenvalue weighted by molar-refractivity contribution is 7.86. The number of fused-ring (bicyclic) bond motifs is 2. The van der Waals surface area contributed by atoms with Gasteiger partial charge in [0.25, 0.3) is 10.1 Å². The predicted octanol–water partition coefficient (Wildman–Crippen LogP) is 1.85. The average molecular weight is 314 g/mol. The van der Waals surface area contributed by atoms with Crippen molar-refractivity contribution in [3.05, 3.63) is 0 Å². The third-order valence-corrected chi connectivity index (χ3v) is 7.45. The monoisotopic (exact) mass is 314 g/mol. The number of hydrogen-bond acceptors (Lipinski definition) is 5. The second-order valence-electron chi connectivity index (χ2n) is 7.31. The topological polar surface area (TPSA) is 77.5 Å². The molecule has 0 aromatic rings. The van der Waals surface area contributed by atoms with E-state index < -0.39 is 21.6 Å². The number of rotatable bonds is 4. The molecule has 0 N–H and O–H groups in total. The van der Waals surface area contributed by atoms with Crippen LogP contribution in [0.25, 0.3) is 0 Å². The minimum Gasteiger partial charge on any atom is -0.299 e. The zero-order valence-electron chi connectivity index (χ0n) is 12.6. The van der Waals surface area contributed by atoms with Crippen molar-refractivity contribution in [2.75, 3.05) is 5.75 Å². The van der Waals surface area contributed by atoms with Crippen LogP contribution in [0.15, 0.2) is 0 Å². The van der Waals surface area contributed by atoms with Crippen molar-refractivity contribution in [1.29, 1.82) is 0 Å². The Morgan fingerprint density at radius 1 is 1.24 bits per heavy atom. The number of hydrogen-bond donors (Lipinski definition) is 0. The van der Waals surface area contributed by atoms with Gasteiger partial charge in [-0.15, -0.1) is 0 Å². The summed E-state index contributed by atoms with van der Waals surface area (Å²) in [4.78, 5) is 23.9. The first-order chi connectivity index (χ1) is 9.68. The molecule has 0 radical (unpaired) electrons. The number of Topliss-reactive ketones (excluding diaryl/α,β-unsaturated/α-hetero) is 2. The van der Waals surface area contributed by atoms with Gasteiger partial charge >= 0.3 is 0 Å². The first-order valence-electron chi connectivity index (χ1n) is 7.65. The molecule has 118 valence electrons. The molecule has 3 aliphatic rings. The lowest BCUT2D eigenvalue weighted by molar-refractivity contribution is -0.128. The highest BCUT2D eigenvalue weighted by Crippen LogP contribution is 2.64. The number of carbonyl (C=O) groups is 2. The summed E-state index contributed by atoms with van der Waals surface area (Å²) >= 11 is 0. The third kappa shape index (κ3) is 2.18. The molecule has 0 heterocycles. The minimum atomic E-state index is -3.87. The van der Waals surface area contributed by atoms with E-state index in [2.05, 4.69) is 0 Å². The molecule has 3 fully saturated rings. The van der Waals surface area contributed by atoms with Crippen molar-refractivity contribution in [1.82, 2.24) is 0 Å². The molecule has 0 spiro atoms. The molecule has 0 aromatic carbocycles. The zero-order chi connectivity index (χ0) is 15.5. The SMILES string of the molecule is CC1(C)C2CCC1(CS(=O)(=O)OC1CCCC1=O)C(=O)C2. The molecule has 0 saturated heterocycles. The fraction of sp³-hybridized carbons (Fsp3) is 0.867. The smallest absolute Gasteiger partial charge is 0.269 e. The maximum absolute atomic E-state index is 12.4. The van der Waals surface area contributed by atoms with Crippen molar-refractivity contribution in [3.63, 3.8) is 0 Å². The Labute approximate surface area is 125 Å². The van der Waals surface area contributed by atoms with Gasteiger partial charge in [0.2, 0.25) is 0 Å². The summed E-state index contributed by atoms with van der Waals surface area (Å²) in [6, 6.07) is 0. The highest BCUT2D eigenvalue weighted by Gasteiger charge is 2.65. The molecule has 6 heteroatoms. The fourth-order valence-corrected chi connectivity index (χ4v) is 6.41. The van der Waals surface area contributed by atoms with Gasteiger partial charge in [-0.1, -0.05) is 13.8 Å². The summed E-state index contributed by atoms with van der Waals surface area (Å²) in [5, 5.41) is 0. The maximum Gasteiger partial charge on any atom is 0.269 e. The molecule has 0 aliphatic heterocycles. The van der Waals surface area contributed by atoms with Gasteiger partial charge in [0.05, 0.1) is 11.2 Å². The van der Waals surface area contributed by atoms with Crippen molar-refractivity contribution in [2.24, 2.45) is 16.7 Å². The van der Waals surface area contributed by atoms with Crippen LogP contribution >= 0.6 is 0 Å². The summed E-state index contributed by atoms with van der Waals surface area (Å²) in [7, 11) is -3.87. The molecule has 3 saturated carbocycles. The summed E-state index contributed by atoms with van der Waals surface area (Å²) in [6.45, 7) is 3.98. The van der Waals surface area contributed by atoms with E-state index >= 15 is 0 Å². The summed E-state index contributed by atoms with van der Waals surface area (Å²) < 4.78 is 29.9. The van der Waals surface area contributed by atoms with Crippen molar-refractivity contribution in [3.8, 4) is 0 Å². The lowest BCUT2D eigenvalue weighted by Gasteiger charge is -2.36. The predicted molar refractivity (Wildman–Crippen MR) is 76.1 cm³/mol. The lowest BCUT2D eigenvalue weighted by atomic mass is 9.70. The molecule has 0 aromatic heterocycles. The third-order valence-electron chi connectivity index (χ3n) is 6.07. The van der Waals surface area contributed by atoms with E-state index in [9.17, 15) is 18.0 Å². The molecule has 21 heavy (non-hydrogen) atoms. The Morgan fingerprint density at radius 3 is 2.43 bits per heavy atom. The van der Waals surface area contributed by atoms with E-state index in [0.29, 0.717) is 32.1 Å². The van der Waals surface area contributed by atoms with Crippen LogP contribution in [0, 0.1) is 16.7 Å². The van der Waals surface area contributed by atoms with Crippen LogP contribution in [0.2, 0.25) is 0 Å². The van der Waals surface area contributed by atoms with Gasteiger partial charge in [0, 0.05) is 12.8 Å². The van der Waals surface area contributed by atoms with E-state index in [4.69, 9.17) is 4.18 Å². The van der Waals surface area contributed by atoms with E-state index in [1.165, 1.54) is 0 Å². The average Bonchev–Trinajstić information content (AvgIpc) is 2.90. The molecular formula is C15H22O5S. The van der Waals surface area contributed by atoms with Gasteiger partial charge in [0.1, 0.15) is 11.9 Å². The Kier molecular flexibility index (Phi) is 3.34. The van der Waals surface area contributed by atoms with Crippen LogP contribution < -0.4 is 0 Å². The van der Waals surface area contributed by atoms with Gasteiger partial charge in [-0.05, 0) is 37.0 Å². The van der Waals surface area contributed by atoms with Crippen LogP contribution in [0.3, 0.4) is 0 Å². The maximum atomic E-state index is 12.4. The van der Waals surface area contributed by atoms with Gasteiger partial charge in [-0.2, -0.15) is 8.42 Å². The molecule has 3 rings (SSSR count). The Morgan fingerprint density at radius 2 is 1.95 bits per heavy atom. The summed E-state index contributed by atoms with van der Waals surface area (Å²) in [6.07, 6.45) is 2.69. The van der Waals surface area contributed by atoms with Crippen LogP contribution in [0.1, 0.15) is 52.4 Å². The highest BCUT2D eigenvalue weighted by atomic mass is 32.2.